The van der Waals surface area contributed by atoms with Crippen LogP contribution in [-0.2, 0) is 4.79 Å². The molecule has 0 aromatic carbocycles. The van der Waals surface area contributed by atoms with Gasteiger partial charge in [0.1, 0.15) is 0 Å². The average Bonchev–Trinajstić information content (AvgIpc) is 2.49. The number of rotatable bonds is 7. The summed E-state index contributed by atoms with van der Waals surface area (Å²) in [4.78, 5) is 10.6. The minimum atomic E-state index is -0.929. The Kier molecular flexibility index (Phi) is 8.11. The third kappa shape index (κ3) is 6.50. The molecule has 1 rings (SSSR count). The Morgan fingerprint density at radius 2 is 1.92 bits per heavy atom. The molecule has 2 N–H and O–H groups in total. The highest BCUT2D eigenvalue weighted by atomic mass is 16.4. The summed E-state index contributed by atoms with van der Waals surface area (Å²) in [6, 6.07) is 0. The van der Waals surface area contributed by atoms with Crippen molar-refractivity contribution in [2.75, 3.05) is 6.61 Å². The summed E-state index contributed by atoms with van der Waals surface area (Å²) in [5.41, 5.74) is 4.69. The topological polar surface area (TPSA) is 57.5 Å². The highest BCUT2D eigenvalue weighted by Crippen LogP contribution is 2.46. The van der Waals surface area contributed by atoms with Crippen LogP contribution in [-0.4, -0.2) is 22.8 Å². The molecular weight excluding hydrogens is 312 g/mol. The molecule has 1 unspecified atom stereocenters. The van der Waals surface area contributed by atoms with Gasteiger partial charge in [0, 0.05) is 12.7 Å². The molecule has 25 heavy (non-hydrogen) atoms. The van der Waals surface area contributed by atoms with Crippen molar-refractivity contribution in [3.8, 4) is 0 Å². The van der Waals surface area contributed by atoms with E-state index in [1.54, 1.807) is 13.0 Å². The number of aliphatic carboxylic acids is 1. The minimum absolute atomic E-state index is 0.0680. The molecule has 0 bridgehead atoms. The van der Waals surface area contributed by atoms with Gasteiger partial charge in [-0.15, -0.1) is 0 Å². The second kappa shape index (κ2) is 9.57. The van der Waals surface area contributed by atoms with Crippen molar-refractivity contribution < 1.29 is 15.0 Å². The quantitative estimate of drug-likeness (QED) is 0.492. The third-order valence-electron chi connectivity index (χ3n) is 5.10. The van der Waals surface area contributed by atoms with Crippen molar-refractivity contribution in [1.82, 2.24) is 0 Å². The van der Waals surface area contributed by atoms with Crippen LogP contribution in [0, 0.1) is 11.3 Å². The summed E-state index contributed by atoms with van der Waals surface area (Å²) < 4.78 is 0. The van der Waals surface area contributed by atoms with Crippen LogP contribution in [0.3, 0.4) is 0 Å². The molecule has 0 spiro atoms. The molecule has 0 heterocycles. The summed E-state index contributed by atoms with van der Waals surface area (Å²) >= 11 is 0. The van der Waals surface area contributed by atoms with E-state index in [9.17, 15) is 9.90 Å². The Morgan fingerprint density at radius 1 is 1.24 bits per heavy atom. The predicted molar refractivity (Wildman–Crippen MR) is 104 cm³/mol. The fraction of sp³-hybridized carbons (Fsp3) is 0.500. The summed E-state index contributed by atoms with van der Waals surface area (Å²) in [7, 11) is 0. The fourth-order valence-corrected chi connectivity index (χ4v) is 3.54. The molecule has 0 radical (unpaired) electrons. The van der Waals surface area contributed by atoms with Crippen molar-refractivity contribution in [2.45, 2.75) is 53.9 Å². The molecule has 0 aromatic rings. The number of hydrogen-bond acceptors (Lipinski definition) is 2. The fourth-order valence-electron chi connectivity index (χ4n) is 3.54. The lowest BCUT2D eigenvalue weighted by atomic mass is 9.64. The standard InChI is InChI=1S/C22H32O3/c1-16(7-6-8-17(2)15-21(24)25)9-12-20-18(3)10-11-19(13-14-23)22(20,4)5/h6-9,12,15,19,23H,10-11,13-14H2,1-5H3,(H,24,25). The van der Waals surface area contributed by atoms with Crippen molar-refractivity contribution in [2.24, 2.45) is 11.3 Å². The first kappa shape index (κ1) is 21.2. The zero-order valence-electron chi connectivity index (χ0n) is 16.2. The summed E-state index contributed by atoms with van der Waals surface area (Å²) in [5, 5.41) is 18.0. The average molecular weight is 344 g/mol. The van der Waals surface area contributed by atoms with Crippen molar-refractivity contribution in [1.29, 1.82) is 0 Å². The van der Waals surface area contributed by atoms with E-state index < -0.39 is 5.97 Å². The summed E-state index contributed by atoms with van der Waals surface area (Å²) in [5.74, 6) is -0.420. The first-order chi connectivity index (χ1) is 11.7. The maximum absolute atomic E-state index is 10.6. The van der Waals surface area contributed by atoms with Gasteiger partial charge in [0.05, 0.1) is 0 Å². The highest BCUT2D eigenvalue weighted by Gasteiger charge is 2.35. The molecule has 0 aromatic heterocycles. The number of carboxylic acid groups (broad SMARTS) is 1. The number of aliphatic hydroxyl groups excluding tert-OH is 1. The van der Waals surface area contributed by atoms with E-state index in [0.29, 0.717) is 11.5 Å². The lowest BCUT2D eigenvalue weighted by Gasteiger charge is -2.41. The molecular formula is C22H32O3. The van der Waals surface area contributed by atoms with Gasteiger partial charge in [-0.2, -0.15) is 0 Å². The van der Waals surface area contributed by atoms with Crippen LogP contribution < -0.4 is 0 Å². The second-order valence-electron chi connectivity index (χ2n) is 7.49. The maximum Gasteiger partial charge on any atom is 0.328 e. The Morgan fingerprint density at radius 3 is 2.52 bits per heavy atom. The molecule has 0 saturated heterocycles. The predicted octanol–water partition coefficient (Wildman–Crippen LogP) is 5.21. The van der Waals surface area contributed by atoms with E-state index >= 15 is 0 Å². The van der Waals surface area contributed by atoms with Crippen LogP contribution >= 0.6 is 0 Å². The minimum Gasteiger partial charge on any atom is -0.478 e. The van der Waals surface area contributed by atoms with Crippen LogP contribution in [0.15, 0.2) is 58.7 Å². The second-order valence-corrected chi connectivity index (χ2v) is 7.49. The van der Waals surface area contributed by atoms with Crippen LogP contribution in [0.4, 0.5) is 0 Å². The highest BCUT2D eigenvalue weighted by molar-refractivity contribution is 5.81. The monoisotopic (exact) mass is 344 g/mol. The van der Waals surface area contributed by atoms with Crippen molar-refractivity contribution in [3.63, 3.8) is 0 Å². The molecule has 1 atom stereocenters. The van der Waals surface area contributed by atoms with Crippen LogP contribution in [0.1, 0.15) is 53.9 Å². The SMILES string of the molecule is CC(C=CC1=C(C)CCC(CCO)C1(C)C)=CC=CC(C)=CC(=O)O. The third-order valence-corrected chi connectivity index (χ3v) is 5.10. The van der Waals surface area contributed by atoms with E-state index in [1.165, 1.54) is 17.2 Å². The number of aliphatic hydroxyl groups is 1. The zero-order valence-corrected chi connectivity index (χ0v) is 16.2. The first-order valence-corrected chi connectivity index (χ1v) is 8.93. The van der Waals surface area contributed by atoms with E-state index in [1.807, 2.05) is 19.1 Å². The molecule has 3 heteroatoms. The Hall–Kier alpha value is -1.87. The van der Waals surface area contributed by atoms with E-state index in [0.717, 1.165) is 24.8 Å². The molecule has 0 amide bonds. The Balaban J connectivity index is 2.89. The van der Waals surface area contributed by atoms with Crippen LogP contribution in [0.2, 0.25) is 0 Å². The molecule has 1 aliphatic rings. The molecule has 0 aliphatic heterocycles. The zero-order chi connectivity index (χ0) is 19.0. The van der Waals surface area contributed by atoms with Gasteiger partial charge in [-0.25, -0.2) is 4.79 Å². The van der Waals surface area contributed by atoms with Gasteiger partial charge < -0.3 is 10.2 Å². The number of carbonyl (C=O) groups is 1. The van der Waals surface area contributed by atoms with Gasteiger partial charge in [-0.1, -0.05) is 55.4 Å². The smallest absolute Gasteiger partial charge is 0.328 e. The van der Waals surface area contributed by atoms with Gasteiger partial charge >= 0.3 is 5.97 Å². The Bertz CT molecular complexity index is 628. The summed E-state index contributed by atoms with van der Waals surface area (Å²) in [6.45, 7) is 10.8. The maximum atomic E-state index is 10.6. The van der Waals surface area contributed by atoms with Crippen molar-refractivity contribution >= 4 is 5.97 Å². The van der Waals surface area contributed by atoms with Crippen molar-refractivity contribution in [3.05, 3.63) is 58.7 Å². The van der Waals surface area contributed by atoms with Crippen LogP contribution in [0.5, 0.6) is 0 Å². The lowest BCUT2D eigenvalue weighted by Crippen LogP contribution is -2.30. The molecule has 0 fully saturated rings. The normalized spacial score (nSPS) is 22.2. The van der Waals surface area contributed by atoms with E-state index in [-0.39, 0.29) is 12.0 Å². The molecule has 3 nitrogen and oxygen atoms in total. The number of allylic oxidation sites excluding steroid dienone is 9. The number of carboxylic acids is 1. The van der Waals surface area contributed by atoms with Gasteiger partial charge in [0.15, 0.2) is 0 Å². The summed E-state index contributed by atoms with van der Waals surface area (Å²) in [6.07, 6.45) is 14.2. The largest absolute Gasteiger partial charge is 0.478 e. The molecule has 138 valence electrons. The number of hydrogen-bond donors (Lipinski definition) is 2. The Labute approximate surface area is 152 Å². The van der Waals surface area contributed by atoms with E-state index in [4.69, 9.17) is 5.11 Å². The van der Waals surface area contributed by atoms with Gasteiger partial charge in [0.2, 0.25) is 0 Å². The first-order valence-electron chi connectivity index (χ1n) is 8.93. The van der Waals surface area contributed by atoms with E-state index in [2.05, 4.69) is 32.9 Å². The lowest BCUT2D eigenvalue weighted by molar-refractivity contribution is -0.131. The van der Waals surface area contributed by atoms with Crippen LogP contribution in [0.25, 0.3) is 0 Å². The molecule has 0 saturated carbocycles. The van der Waals surface area contributed by atoms with Gasteiger partial charge in [-0.3, -0.25) is 0 Å². The van der Waals surface area contributed by atoms with Gasteiger partial charge in [0.25, 0.3) is 0 Å². The molecule has 1 aliphatic carbocycles. The van der Waals surface area contributed by atoms with Gasteiger partial charge in [-0.05, 0) is 62.5 Å².